The van der Waals surface area contributed by atoms with Crippen molar-refractivity contribution in [3.05, 3.63) is 71.3 Å². The smallest absolute Gasteiger partial charge is 0.169 e. The van der Waals surface area contributed by atoms with Gasteiger partial charge in [-0.25, -0.2) is 0 Å². The normalized spacial score (nSPS) is 11.8. The van der Waals surface area contributed by atoms with E-state index in [9.17, 15) is 0 Å². The van der Waals surface area contributed by atoms with Crippen molar-refractivity contribution in [3.63, 3.8) is 0 Å². The lowest BCUT2D eigenvalue weighted by Gasteiger charge is -2.28. The van der Waals surface area contributed by atoms with Crippen molar-refractivity contribution >= 4 is 17.3 Å². The summed E-state index contributed by atoms with van der Waals surface area (Å²) < 4.78 is 0. The van der Waals surface area contributed by atoms with Crippen molar-refractivity contribution in [2.75, 3.05) is 13.1 Å². The topological polar surface area (TPSA) is 15.3 Å². The van der Waals surface area contributed by atoms with Crippen LogP contribution in [0.2, 0.25) is 0 Å². The summed E-state index contributed by atoms with van der Waals surface area (Å²) in [7, 11) is 0. The van der Waals surface area contributed by atoms with Crippen LogP contribution in [0.15, 0.2) is 54.6 Å². The number of nitrogens with zero attached hydrogens (tertiary/aromatic N) is 1. The number of nitrogens with one attached hydrogen (secondary N) is 1. The third-order valence-corrected chi connectivity index (χ3v) is 4.49. The van der Waals surface area contributed by atoms with Crippen LogP contribution < -0.4 is 5.32 Å². The number of hydrogen-bond acceptors (Lipinski definition) is 1. The molecule has 1 atom stereocenters. The highest BCUT2D eigenvalue weighted by Gasteiger charge is 2.15. The number of thiocarbonyl (C=S) groups is 1. The molecule has 2 nitrogen and oxygen atoms in total. The van der Waals surface area contributed by atoms with Crippen LogP contribution in [-0.2, 0) is 6.42 Å². The summed E-state index contributed by atoms with van der Waals surface area (Å²) in [6.45, 7) is 8.24. The minimum atomic E-state index is 0.187. The first-order valence-electron chi connectivity index (χ1n) is 8.30. The van der Waals surface area contributed by atoms with Crippen molar-refractivity contribution in [1.29, 1.82) is 0 Å². The lowest BCUT2D eigenvalue weighted by molar-refractivity contribution is 0.444. The van der Waals surface area contributed by atoms with Crippen LogP contribution in [0.3, 0.4) is 0 Å². The summed E-state index contributed by atoms with van der Waals surface area (Å²) in [5, 5.41) is 4.39. The molecule has 122 valence electrons. The van der Waals surface area contributed by atoms with Crippen LogP contribution in [-0.4, -0.2) is 23.1 Å². The molecule has 0 aliphatic heterocycles. The lowest BCUT2D eigenvalue weighted by Crippen LogP contribution is -2.41. The molecular formula is C20H26N2S. The number of benzene rings is 2. The van der Waals surface area contributed by atoms with Gasteiger partial charge >= 0.3 is 0 Å². The Morgan fingerprint density at radius 3 is 2.17 bits per heavy atom. The van der Waals surface area contributed by atoms with Gasteiger partial charge in [0.15, 0.2) is 5.11 Å². The van der Waals surface area contributed by atoms with Gasteiger partial charge in [-0.05, 0) is 50.5 Å². The fraction of sp³-hybridized carbons (Fsp3) is 0.350. The second-order valence-electron chi connectivity index (χ2n) is 5.77. The van der Waals surface area contributed by atoms with Gasteiger partial charge in [0.05, 0.1) is 6.04 Å². The third kappa shape index (κ3) is 5.07. The van der Waals surface area contributed by atoms with E-state index < -0.39 is 0 Å². The molecule has 0 bridgehead atoms. The molecule has 0 heterocycles. The Labute approximate surface area is 145 Å². The van der Waals surface area contributed by atoms with Crippen LogP contribution in [0.5, 0.6) is 0 Å². The summed E-state index contributed by atoms with van der Waals surface area (Å²) in [5.41, 5.74) is 3.87. The summed E-state index contributed by atoms with van der Waals surface area (Å²) in [5.74, 6) is 0. The van der Waals surface area contributed by atoms with Crippen molar-refractivity contribution in [2.24, 2.45) is 0 Å². The standard InChI is InChI=1S/C20H26N2S/c1-4-22(5-2)20(23)21-19(18-9-7-6-8-10-18)15-17-13-11-16(3)12-14-17/h6-14,19H,4-5,15H2,1-3H3,(H,21,23). The first kappa shape index (κ1) is 17.5. The molecule has 23 heavy (non-hydrogen) atoms. The van der Waals surface area contributed by atoms with E-state index in [1.807, 2.05) is 0 Å². The highest BCUT2D eigenvalue weighted by atomic mass is 32.1. The Morgan fingerprint density at radius 1 is 1.00 bits per heavy atom. The Morgan fingerprint density at radius 2 is 1.61 bits per heavy atom. The zero-order chi connectivity index (χ0) is 16.7. The minimum Gasteiger partial charge on any atom is -0.355 e. The van der Waals surface area contributed by atoms with E-state index in [1.165, 1.54) is 16.7 Å². The van der Waals surface area contributed by atoms with E-state index in [-0.39, 0.29) is 6.04 Å². The molecule has 1 unspecified atom stereocenters. The molecule has 0 saturated heterocycles. The summed E-state index contributed by atoms with van der Waals surface area (Å²) >= 11 is 5.60. The fourth-order valence-corrected chi connectivity index (χ4v) is 3.05. The monoisotopic (exact) mass is 326 g/mol. The molecule has 0 spiro atoms. The molecule has 3 heteroatoms. The Hall–Kier alpha value is -1.87. The second kappa shape index (κ2) is 8.68. The van der Waals surface area contributed by atoms with E-state index in [0.29, 0.717) is 0 Å². The van der Waals surface area contributed by atoms with Gasteiger partial charge < -0.3 is 10.2 Å². The highest BCUT2D eigenvalue weighted by Crippen LogP contribution is 2.19. The molecule has 0 aliphatic carbocycles. The van der Waals surface area contributed by atoms with Crippen LogP contribution in [0, 0.1) is 6.92 Å². The van der Waals surface area contributed by atoms with Gasteiger partial charge in [0.25, 0.3) is 0 Å². The lowest BCUT2D eigenvalue weighted by atomic mass is 9.98. The van der Waals surface area contributed by atoms with E-state index in [4.69, 9.17) is 12.2 Å². The number of aryl methyl sites for hydroxylation is 1. The second-order valence-corrected chi connectivity index (χ2v) is 6.16. The molecule has 2 aromatic rings. The molecule has 0 radical (unpaired) electrons. The molecular weight excluding hydrogens is 300 g/mol. The Bertz CT molecular complexity index is 603. The maximum Gasteiger partial charge on any atom is 0.169 e. The van der Waals surface area contributed by atoms with Gasteiger partial charge in [-0.1, -0.05) is 60.2 Å². The van der Waals surface area contributed by atoms with Gasteiger partial charge in [0.2, 0.25) is 0 Å². The van der Waals surface area contributed by atoms with E-state index in [1.54, 1.807) is 0 Å². The van der Waals surface area contributed by atoms with Gasteiger partial charge in [0, 0.05) is 13.1 Å². The summed E-state index contributed by atoms with van der Waals surface area (Å²) in [6, 6.07) is 19.5. The van der Waals surface area contributed by atoms with Crippen molar-refractivity contribution in [1.82, 2.24) is 10.2 Å². The van der Waals surface area contributed by atoms with E-state index >= 15 is 0 Å². The SMILES string of the molecule is CCN(CC)C(=S)NC(Cc1ccc(C)cc1)c1ccccc1. The van der Waals surface area contributed by atoms with E-state index in [2.05, 4.69) is 85.6 Å². The first-order chi connectivity index (χ1) is 11.1. The van der Waals surface area contributed by atoms with Gasteiger partial charge in [-0.3, -0.25) is 0 Å². The van der Waals surface area contributed by atoms with Crippen molar-refractivity contribution < 1.29 is 0 Å². The maximum atomic E-state index is 5.60. The van der Waals surface area contributed by atoms with Crippen LogP contribution in [0.1, 0.15) is 36.6 Å². The minimum absolute atomic E-state index is 0.187. The molecule has 2 rings (SSSR count). The van der Waals surface area contributed by atoms with Gasteiger partial charge in [0.1, 0.15) is 0 Å². The van der Waals surface area contributed by atoms with Crippen LogP contribution >= 0.6 is 12.2 Å². The maximum absolute atomic E-state index is 5.60. The largest absolute Gasteiger partial charge is 0.355 e. The average molecular weight is 327 g/mol. The molecule has 0 amide bonds. The van der Waals surface area contributed by atoms with Crippen LogP contribution in [0.25, 0.3) is 0 Å². The predicted octanol–water partition coefficient (Wildman–Crippen LogP) is 4.50. The summed E-state index contributed by atoms with van der Waals surface area (Å²) in [4.78, 5) is 2.18. The van der Waals surface area contributed by atoms with E-state index in [0.717, 1.165) is 24.6 Å². The highest BCUT2D eigenvalue weighted by molar-refractivity contribution is 7.80. The molecule has 1 N–H and O–H groups in total. The van der Waals surface area contributed by atoms with Gasteiger partial charge in [-0.15, -0.1) is 0 Å². The average Bonchev–Trinajstić information content (AvgIpc) is 2.58. The fourth-order valence-electron chi connectivity index (χ4n) is 2.65. The predicted molar refractivity (Wildman–Crippen MR) is 103 cm³/mol. The van der Waals surface area contributed by atoms with Crippen LogP contribution in [0.4, 0.5) is 0 Å². The van der Waals surface area contributed by atoms with Crippen molar-refractivity contribution in [3.8, 4) is 0 Å². The molecule has 0 saturated carbocycles. The Balaban J connectivity index is 2.18. The first-order valence-corrected chi connectivity index (χ1v) is 8.70. The van der Waals surface area contributed by atoms with Crippen molar-refractivity contribution in [2.45, 2.75) is 33.2 Å². The number of rotatable bonds is 6. The quantitative estimate of drug-likeness (QED) is 0.787. The molecule has 0 fully saturated rings. The summed E-state index contributed by atoms with van der Waals surface area (Å²) in [6.07, 6.45) is 0.922. The number of hydrogen-bond donors (Lipinski definition) is 1. The Kier molecular flexibility index (Phi) is 6.60. The molecule has 0 aromatic heterocycles. The molecule has 2 aromatic carbocycles. The zero-order valence-corrected chi connectivity index (χ0v) is 15.1. The molecule has 0 aliphatic rings. The van der Waals surface area contributed by atoms with Gasteiger partial charge in [-0.2, -0.15) is 0 Å². The zero-order valence-electron chi connectivity index (χ0n) is 14.3. The third-order valence-electron chi connectivity index (χ3n) is 4.11.